The van der Waals surface area contributed by atoms with Crippen molar-refractivity contribution < 1.29 is 28.7 Å². The van der Waals surface area contributed by atoms with Crippen LogP contribution in [0.3, 0.4) is 0 Å². The molecule has 3 fully saturated rings. The van der Waals surface area contributed by atoms with Gasteiger partial charge in [0.2, 0.25) is 5.91 Å². The Morgan fingerprint density at radius 2 is 1.63 bits per heavy atom. The van der Waals surface area contributed by atoms with Gasteiger partial charge < -0.3 is 20.1 Å². The number of rotatable bonds is 15. The molecule has 1 saturated carbocycles. The molecule has 1 aromatic rings. The van der Waals surface area contributed by atoms with E-state index in [2.05, 4.69) is 29.7 Å². The number of benzene rings is 1. The quantitative estimate of drug-likeness (QED) is 0.222. The number of nitrogens with zero attached hydrogens (tertiary/aromatic N) is 2. The topological polar surface area (TPSA) is 117 Å². The van der Waals surface area contributed by atoms with Crippen molar-refractivity contribution in [2.45, 2.75) is 115 Å². The third kappa shape index (κ3) is 8.60. The molecule has 0 unspecified atom stereocenters. The van der Waals surface area contributed by atoms with Crippen LogP contribution in [-0.2, 0) is 25.7 Å². The molecule has 2 heterocycles. The molecule has 2 aliphatic heterocycles. The lowest BCUT2D eigenvalue weighted by Crippen LogP contribution is -2.75. The zero-order valence-electron chi connectivity index (χ0n) is 24.4. The molecule has 1 aliphatic carbocycles. The van der Waals surface area contributed by atoms with Gasteiger partial charge in [-0.3, -0.25) is 9.59 Å². The van der Waals surface area contributed by atoms with Crippen LogP contribution in [0.2, 0.25) is 0 Å². The monoisotopic (exact) mass is 570 g/mol. The molecule has 0 bridgehead atoms. The molecule has 4 amide bonds. The Hall–Kier alpha value is -3.30. The van der Waals surface area contributed by atoms with Crippen molar-refractivity contribution in [1.29, 1.82) is 0 Å². The van der Waals surface area contributed by atoms with Gasteiger partial charge in [-0.15, -0.1) is 0 Å². The molecule has 2 atom stereocenters. The van der Waals surface area contributed by atoms with Crippen LogP contribution < -0.4 is 10.6 Å². The first-order chi connectivity index (χ1) is 20.0. The highest BCUT2D eigenvalue weighted by Crippen LogP contribution is 2.32. The second-order valence-electron chi connectivity index (χ2n) is 11.5. The molecular weight excluding hydrogens is 524 g/mol. The van der Waals surface area contributed by atoms with E-state index in [1.807, 2.05) is 12.1 Å². The lowest BCUT2D eigenvalue weighted by atomic mass is 9.84. The maximum atomic E-state index is 12.9. The van der Waals surface area contributed by atoms with Crippen molar-refractivity contribution in [2.24, 2.45) is 0 Å². The van der Waals surface area contributed by atoms with Crippen LogP contribution >= 0.6 is 0 Å². The number of hydrogen-bond donors (Lipinski definition) is 2. The summed E-state index contributed by atoms with van der Waals surface area (Å²) >= 11 is 0. The number of amides is 4. The van der Waals surface area contributed by atoms with Gasteiger partial charge in [0.05, 0.1) is 13.2 Å². The SMILES string of the molecule is CCCCCCCCCCOC(=O)N([C@H]1CNC1=O)N1C[C@H](NC(=O)OCc2ccc(C3CCCCC3)cc2)C1=O. The summed E-state index contributed by atoms with van der Waals surface area (Å²) in [6.07, 6.45) is 13.8. The third-order valence-electron chi connectivity index (χ3n) is 8.36. The number of nitrogens with one attached hydrogen (secondary N) is 2. The van der Waals surface area contributed by atoms with E-state index < -0.39 is 30.2 Å². The highest BCUT2D eigenvalue weighted by atomic mass is 16.6. The summed E-state index contributed by atoms with van der Waals surface area (Å²) in [6, 6.07) is 6.55. The first-order valence-electron chi connectivity index (χ1n) is 15.5. The number of alkyl carbamates (subject to hydrolysis) is 1. The van der Waals surface area contributed by atoms with E-state index in [4.69, 9.17) is 9.47 Å². The lowest BCUT2D eigenvalue weighted by molar-refractivity contribution is -0.175. The zero-order chi connectivity index (χ0) is 29.0. The number of carbonyl (C=O) groups is 4. The molecule has 0 aromatic heterocycles. The zero-order valence-corrected chi connectivity index (χ0v) is 24.4. The van der Waals surface area contributed by atoms with Crippen LogP contribution in [0.5, 0.6) is 0 Å². The van der Waals surface area contributed by atoms with Crippen LogP contribution in [0.4, 0.5) is 9.59 Å². The van der Waals surface area contributed by atoms with Crippen molar-refractivity contribution >= 4 is 24.0 Å². The standard InChI is InChI=1S/C31H46N4O6/c1-2-3-4-5-6-7-8-12-19-40-31(39)35(27-20-32-28(27)36)34-21-26(29(34)37)33-30(38)41-22-23-15-17-25(18-16-23)24-13-10-9-11-14-24/h15-18,24,26-27H,2-14,19-22H2,1H3,(H,32,36)(H,33,38)/t26-,27-/m0/s1. The minimum atomic E-state index is -0.831. The van der Waals surface area contributed by atoms with Crippen LogP contribution in [0.1, 0.15) is 107 Å². The lowest BCUT2D eigenvalue weighted by Gasteiger charge is -2.48. The van der Waals surface area contributed by atoms with Crippen molar-refractivity contribution in [3.8, 4) is 0 Å². The van der Waals surface area contributed by atoms with E-state index in [0.717, 1.165) is 29.8 Å². The number of ether oxygens (including phenoxy) is 2. The van der Waals surface area contributed by atoms with E-state index in [9.17, 15) is 19.2 Å². The number of unbranched alkanes of at least 4 members (excludes halogenated alkanes) is 7. The molecule has 41 heavy (non-hydrogen) atoms. The fraction of sp³-hybridized carbons (Fsp3) is 0.677. The van der Waals surface area contributed by atoms with Crippen LogP contribution in [-0.4, -0.2) is 65.8 Å². The van der Waals surface area contributed by atoms with E-state index in [0.29, 0.717) is 5.92 Å². The Kier molecular flexibility index (Phi) is 11.7. The van der Waals surface area contributed by atoms with E-state index >= 15 is 0 Å². The summed E-state index contributed by atoms with van der Waals surface area (Å²) in [6.45, 7) is 2.83. The van der Waals surface area contributed by atoms with Crippen LogP contribution in [0, 0.1) is 0 Å². The predicted molar refractivity (Wildman–Crippen MR) is 154 cm³/mol. The Labute approximate surface area is 243 Å². The van der Waals surface area contributed by atoms with E-state index in [1.165, 1.54) is 74.8 Å². The van der Waals surface area contributed by atoms with Crippen molar-refractivity contribution in [3.63, 3.8) is 0 Å². The average Bonchev–Trinajstić information content (AvgIpc) is 2.99. The maximum Gasteiger partial charge on any atom is 0.429 e. The maximum absolute atomic E-state index is 12.9. The molecule has 2 N–H and O–H groups in total. The number of hydrogen-bond acceptors (Lipinski definition) is 6. The largest absolute Gasteiger partial charge is 0.448 e. The average molecular weight is 571 g/mol. The van der Waals surface area contributed by atoms with Crippen LogP contribution in [0.25, 0.3) is 0 Å². The second kappa shape index (κ2) is 15.6. The van der Waals surface area contributed by atoms with E-state index in [-0.39, 0.29) is 32.2 Å². The van der Waals surface area contributed by atoms with Gasteiger partial charge >= 0.3 is 12.2 Å². The summed E-state index contributed by atoms with van der Waals surface area (Å²) in [5.74, 6) is -0.211. The summed E-state index contributed by atoms with van der Waals surface area (Å²) in [7, 11) is 0. The van der Waals surface area contributed by atoms with Crippen LogP contribution in [0.15, 0.2) is 24.3 Å². The van der Waals surface area contributed by atoms with Gasteiger partial charge in [-0.1, -0.05) is 95.4 Å². The molecule has 0 spiro atoms. The molecule has 0 radical (unpaired) electrons. The molecule has 1 aromatic carbocycles. The Bertz CT molecular complexity index is 1030. The predicted octanol–water partition coefficient (Wildman–Crippen LogP) is 5.16. The van der Waals surface area contributed by atoms with Gasteiger partial charge in [-0.2, -0.15) is 0 Å². The minimum Gasteiger partial charge on any atom is -0.448 e. The summed E-state index contributed by atoms with van der Waals surface area (Å²) < 4.78 is 10.7. The fourth-order valence-corrected chi connectivity index (χ4v) is 5.69. The third-order valence-corrected chi connectivity index (χ3v) is 8.36. The summed E-state index contributed by atoms with van der Waals surface area (Å²) in [5.41, 5.74) is 2.21. The summed E-state index contributed by atoms with van der Waals surface area (Å²) in [4.78, 5) is 50.1. The first kappa shape index (κ1) is 30.7. The number of β-lactam (4-membered cyclic amide) rings is 2. The second-order valence-corrected chi connectivity index (χ2v) is 11.5. The normalized spacial score (nSPS) is 20.5. The molecule has 10 heteroatoms. The smallest absolute Gasteiger partial charge is 0.429 e. The highest BCUT2D eigenvalue weighted by molar-refractivity contribution is 5.95. The molecular formula is C31H46N4O6. The van der Waals surface area contributed by atoms with Gasteiger partial charge in [0.1, 0.15) is 12.6 Å². The summed E-state index contributed by atoms with van der Waals surface area (Å²) in [5, 5.41) is 7.42. The molecule has 3 aliphatic rings. The molecule has 226 valence electrons. The highest BCUT2D eigenvalue weighted by Gasteiger charge is 2.50. The first-order valence-corrected chi connectivity index (χ1v) is 15.5. The van der Waals surface area contributed by atoms with Gasteiger partial charge in [0.25, 0.3) is 5.91 Å². The van der Waals surface area contributed by atoms with Crippen molar-refractivity contribution in [3.05, 3.63) is 35.4 Å². The Morgan fingerprint density at radius 3 is 2.24 bits per heavy atom. The molecule has 4 rings (SSSR count). The van der Waals surface area contributed by atoms with Crippen molar-refractivity contribution in [1.82, 2.24) is 20.7 Å². The van der Waals surface area contributed by atoms with Crippen molar-refractivity contribution in [2.75, 3.05) is 19.7 Å². The van der Waals surface area contributed by atoms with E-state index in [1.54, 1.807) is 0 Å². The Balaban J connectivity index is 1.17. The van der Waals surface area contributed by atoms with Gasteiger partial charge in [0.15, 0.2) is 6.04 Å². The molecule has 2 saturated heterocycles. The fourth-order valence-electron chi connectivity index (χ4n) is 5.69. The minimum absolute atomic E-state index is 0.0562. The van der Waals surface area contributed by atoms with Gasteiger partial charge in [-0.05, 0) is 36.3 Å². The van der Waals surface area contributed by atoms with Gasteiger partial charge in [-0.25, -0.2) is 19.6 Å². The molecule has 10 nitrogen and oxygen atoms in total. The number of hydrazine groups is 1. The number of carbonyl (C=O) groups excluding carboxylic acids is 4. The Morgan fingerprint density at radius 1 is 0.951 bits per heavy atom. The van der Waals surface area contributed by atoms with Gasteiger partial charge in [0, 0.05) is 6.54 Å².